The molecule has 2 aromatic heterocycles. The van der Waals surface area contributed by atoms with Crippen molar-refractivity contribution in [3.05, 3.63) is 70.6 Å². The molecule has 1 N–H and O–H groups in total. The van der Waals surface area contributed by atoms with Crippen LogP contribution in [0.15, 0.2) is 57.4 Å². The van der Waals surface area contributed by atoms with E-state index in [0.717, 1.165) is 21.2 Å². The third kappa shape index (κ3) is 5.78. The number of aromatic nitrogens is 4. The first kappa shape index (κ1) is 25.9. The highest BCUT2D eigenvalue weighted by Crippen LogP contribution is 2.26. The van der Waals surface area contributed by atoms with Crippen molar-refractivity contribution in [3.8, 4) is 11.4 Å². The highest BCUT2D eigenvalue weighted by molar-refractivity contribution is 7.91. The van der Waals surface area contributed by atoms with Gasteiger partial charge in [0.1, 0.15) is 0 Å². The van der Waals surface area contributed by atoms with Crippen molar-refractivity contribution < 1.29 is 17.7 Å². The Balaban J connectivity index is 1.43. The predicted octanol–water partition coefficient (Wildman–Crippen LogP) is 4.61. The molecule has 0 aliphatic heterocycles. The molecule has 188 valence electrons. The molecule has 0 saturated heterocycles. The summed E-state index contributed by atoms with van der Waals surface area (Å²) >= 11 is 6.57. The van der Waals surface area contributed by atoms with Crippen LogP contribution < -0.4 is 5.32 Å². The van der Waals surface area contributed by atoms with Crippen molar-refractivity contribution in [2.45, 2.75) is 37.1 Å². The summed E-state index contributed by atoms with van der Waals surface area (Å²) in [5.74, 6) is 0.0187. The Morgan fingerprint density at radius 1 is 1.08 bits per heavy atom. The van der Waals surface area contributed by atoms with Gasteiger partial charge >= 0.3 is 0 Å². The quantitative estimate of drug-likeness (QED) is 0.332. The van der Waals surface area contributed by atoms with Crippen LogP contribution in [0.1, 0.15) is 42.6 Å². The van der Waals surface area contributed by atoms with Crippen molar-refractivity contribution in [2.24, 2.45) is 0 Å². The number of hydrogen-bond donors (Lipinski definition) is 1. The maximum Gasteiger partial charge on any atom is 0.272 e. The van der Waals surface area contributed by atoms with E-state index < -0.39 is 15.9 Å². The summed E-state index contributed by atoms with van der Waals surface area (Å²) in [6, 6.07) is 14.0. The Hall–Kier alpha value is -3.19. The van der Waals surface area contributed by atoms with Gasteiger partial charge in [-0.2, -0.15) is 9.29 Å². The van der Waals surface area contributed by atoms with Crippen LogP contribution in [0.3, 0.4) is 0 Å². The summed E-state index contributed by atoms with van der Waals surface area (Å²) in [7, 11) is -2.65. The van der Waals surface area contributed by atoms with Crippen LogP contribution >= 0.6 is 22.9 Å². The fourth-order valence-electron chi connectivity index (χ4n) is 3.10. The van der Waals surface area contributed by atoms with Gasteiger partial charge in [0.05, 0.1) is 6.54 Å². The molecule has 4 rings (SSSR count). The van der Waals surface area contributed by atoms with Gasteiger partial charge in [0.15, 0.2) is 0 Å². The molecule has 0 radical (unpaired) electrons. The van der Waals surface area contributed by atoms with Crippen LogP contribution in [0.5, 0.6) is 0 Å². The molecule has 36 heavy (non-hydrogen) atoms. The Kier molecular flexibility index (Phi) is 7.23. The topological polar surface area (TPSA) is 131 Å². The minimum Gasteiger partial charge on any atom is -0.338 e. The van der Waals surface area contributed by atoms with Crippen LogP contribution in [0.2, 0.25) is 5.02 Å². The van der Waals surface area contributed by atoms with E-state index >= 15 is 0 Å². The van der Waals surface area contributed by atoms with E-state index in [2.05, 4.69) is 46.4 Å². The lowest BCUT2D eigenvalue weighted by Gasteiger charge is -2.18. The average molecular weight is 547 g/mol. The molecule has 0 aliphatic carbocycles. The first-order chi connectivity index (χ1) is 16.9. The molecule has 0 saturated carbocycles. The molecule has 4 aromatic rings. The van der Waals surface area contributed by atoms with Gasteiger partial charge < -0.3 is 4.52 Å². The maximum atomic E-state index is 13.0. The van der Waals surface area contributed by atoms with Crippen molar-refractivity contribution in [1.82, 2.24) is 24.6 Å². The van der Waals surface area contributed by atoms with Gasteiger partial charge in [-0.3, -0.25) is 10.1 Å². The zero-order valence-electron chi connectivity index (χ0n) is 19.9. The number of carbonyl (C=O) groups is 1. The molecule has 0 spiro atoms. The van der Waals surface area contributed by atoms with Crippen LogP contribution in [0, 0.1) is 0 Å². The predicted molar refractivity (Wildman–Crippen MR) is 136 cm³/mol. The fourth-order valence-corrected chi connectivity index (χ4v) is 5.43. The van der Waals surface area contributed by atoms with E-state index in [1.807, 2.05) is 24.3 Å². The number of amides is 1. The second-order valence-electron chi connectivity index (χ2n) is 8.93. The number of hydrogen-bond acceptors (Lipinski definition) is 9. The van der Waals surface area contributed by atoms with Gasteiger partial charge in [0, 0.05) is 23.2 Å². The molecule has 2 heterocycles. The number of benzene rings is 2. The molecular formula is C23H23ClN6O4S2. The van der Waals surface area contributed by atoms with Gasteiger partial charge in [-0.15, -0.1) is 10.2 Å². The summed E-state index contributed by atoms with van der Waals surface area (Å²) in [4.78, 5) is 16.7. The van der Waals surface area contributed by atoms with Crippen LogP contribution in [0.25, 0.3) is 11.4 Å². The van der Waals surface area contributed by atoms with E-state index in [0.29, 0.717) is 16.4 Å². The van der Waals surface area contributed by atoms with E-state index in [-0.39, 0.29) is 27.3 Å². The number of halogens is 1. The summed E-state index contributed by atoms with van der Waals surface area (Å²) in [5, 5.41) is 14.5. The average Bonchev–Trinajstić information content (AvgIpc) is 3.49. The second-order valence-corrected chi connectivity index (χ2v) is 12.6. The van der Waals surface area contributed by atoms with Gasteiger partial charge in [0.25, 0.3) is 15.9 Å². The monoisotopic (exact) mass is 546 g/mol. The molecule has 10 nitrogen and oxygen atoms in total. The molecule has 2 aromatic carbocycles. The van der Waals surface area contributed by atoms with Crippen molar-refractivity contribution in [1.29, 1.82) is 0 Å². The van der Waals surface area contributed by atoms with E-state index in [4.69, 9.17) is 16.1 Å². The fraction of sp³-hybridized carbons (Fsp3) is 0.261. The Bertz CT molecular complexity index is 1480. The standard InChI is InChI=1S/C23H23ClN6O4S2/c1-23(2,3)16-9-5-14(6-10-16)19-25-18(34-29-19)13-30(4)36(32,33)22-28-27-21(35-22)26-20(31)15-7-11-17(24)12-8-15/h5-12H,13H2,1-4H3,(H,26,27,31). The van der Waals surface area contributed by atoms with Crippen LogP contribution in [0.4, 0.5) is 5.13 Å². The van der Waals surface area contributed by atoms with Gasteiger partial charge in [-0.1, -0.05) is 73.1 Å². The largest absolute Gasteiger partial charge is 0.338 e. The molecule has 0 aliphatic rings. The Labute approximate surface area is 217 Å². The van der Waals surface area contributed by atoms with E-state index in [1.54, 1.807) is 24.3 Å². The van der Waals surface area contributed by atoms with Gasteiger partial charge in [-0.25, -0.2) is 8.42 Å². The van der Waals surface area contributed by atoms with Crippen molar-refractivity contribution in [2.75, 3.05) is 12.4 Å². The molecular weight excluding hydrogens is 524 g/mol. The molecule has 0 atom stereocenters. The maximum absolute atomic E-state index is 13.0. The summed E-state index contributed by atoms with van der Waals surface area (Å²) in [5.41, 5.74) is 2.29. The smallest absolute Gasteiger partial charge is 0.272 e. The number of rotatable bonds is 7. The minimum absolute atomic E-state index is 0.0151. The molecule has 0 fully saturated rings. The first-order valence-electron chi connectivity index (χ1n) is 10.7. The van der Waals surface area contributed by atoms with Gasteiger partial charge in [0.2, 0.25) is 21.2 Å². The number of nitrogens with one attached hydrogen (secondary N) is 1. The zero-order chi connectivity index (χ0) is 26.1. The molecule has 1 amide bonds. The normalized spacial score (nSPS) is 12.2. The summed E-state index contributed by atoms with van der Waals surface area (Å²) in [6.07, 6.45) is 0. The number of carbonyl (C=O) groups excluding carboxylic acids is 1. The number of sulfonamides is 1. The van der Waals surface area contributed by atoms with Crippen LogP contribution in [-0.4, -0.2) is 46.0 Å². The molecule has 13 heteroatoms. The zero-order valence-corrected chi connectivity index (χ0v) is 22.3. The highest BCUT2D eigenvalue weighted by Gasteiger charge is 2.28. The Morgan fingerprint density at radius 2 is 1.75 bits per heavy atom. The highest BCUT2D eigenvalue weighted by atomic mass is 35.5. The lowest BCUT2D eigenvalue weighted by molar-refractivity contribution is 0.102. The van der Waals surface area contributed by atoms with Crippen molar-refractivity contribution in [3.63, 3.8) is 0 Å². The Morgan fingerprint density at radius 3 is 2.39 bits per heavy atom. The minimum atomic E-state index is -4.02. The van der Waals surface area contributed by atoms with E-state index in [1.165, 1.54) is 12.6 Å². The lowest BCUT2D eigenvalue weighted by Crippen LogP contribution is -2.26. The first-order valence-corrected chi connectivity index (χ1v) is 13.4. The molecule has 0 bridgehead atoms. The van der Waals surface area contributed by atoms with Crippen molar-refractivity contribution >= 4 is 44.0 Å². The summed E-state index contributed by atoms with van der Waals surface area (Å²) < 4.78 is 31.9. The summed E-state index contributed by atoms with van der Waals surface area (Å²) in [6.45, 7) is 6.21. The SMILES string of the molecule is CN(Cc1nc(-c2ccc(C(C)(C)C)cc2)no1)S(=O)(=O)c1nnc(NC(=O)c2ccc(Cl)cc2)s1. The third-order valence-corrected chi connectivity index (χ3v) is 8.44. The lowest BCUT2D eigenvalue weighted by atomic mass is 9.87. The van der Waals surface area contributed by atoms with Crippen LogP contribution in [-0.2, 0) is 22.0 Å². The third-order valence-electron chi connectivity index (χ3n) is 5.20. The number of nitrogens with zero attached hydrogens (tertiary/aromatic N) is 5. The second kappa shape index (κ2) is 10.1. The van der Waals surface area contributed by atoms with Gasteiger partial charge in [-0.05, 0) is 35.2 Å². The number of anilines is 1. The molecule has 0 unspecified atom stereocenters. The van der Waals surface area contributed by atoms with E-state index in [9.17, 15) is 13.2 Å².